The normalized spacial score (nSPS) is 31.6. The Kier molecular flexibility index (Phi) is 3.84. The van der Waals surface area contributed by atoms with E-state index in [1.165, 1.54) is 0 Å². The molecular formula is C17H23N3O2. The van der Waals surface area contributed by atoms with Crippen LogP contribution in [0.5, 0.6) is 0 Å². The van der Waals surface area contributed by atoms with Crippen molar-refractivity contribution in [3.63, 3.8) is 0 Å². The molecule has 3 saturated heterocycles. The van der Waals surface area contributed by atoms with Crippen LogP contribution >= 0.6 is 0 Å². The number of likely N-dealkylation sites (tertiary alicyclic amines) is 2. The summed E-state index contributed by atoms with van der Waals surface area (Å²) in [7, 11) is 0. The maximum absolute atomic E-state index is 12.5. The quantitative estimate of drug-likeness (QED) is 0.836. The van der Waals surface area contributed by atoms with E-state index in [1.807, 2.05) is 18.3 Å². The number of hydrogen-bond donors (Lipinski definition) is 0. The predicted molar refractivity (Wildman–Crippen MR) is 82.0 cm³/mol. The van der Waals surface area contributed by atoms with Gasteiger partial charge in [-0.2, -0.15) is 0 Å². The lowest BCUT2D eigenvalue weighted by molar-refractivity contribution is -0.134. The molecule has 0 bridgehead atoms. The average Bonchev–Trinajstić information content (AvgIpc) is 3.23. The van der Waals surface area contributed by atoms with E-state index >= 15 is 0 Å². The maximum atomic E-state index is 12.5. The van der Waals surface area contributed by atoms with Gasteiger partial charge in [0.1, 0.15) is 0 Å². The molecule has 1 amide bonds. The highest BCUT2D eigenvalue weighted by Crippen LogP contribution is 2.33. The van der Waals surface area contributed by atoms with Gasteiger partial charge in [-0.25, -0.2) is 0 Å². The second-order valence-electron chi connectivity index (χ2n) is 6.84. The van der Waals surface area contributed by atoms with Gasteiger partial charge in [-0.1, -0.05) is 6.07 Å². The SMILES string of the molecule is O=C([C@@H]1CCOC1)N1C[C@H]2CN(Cc3ccccn3)C[C@H]2C1. The van der Waals surface area contributed by atoms with E-state index in [2.05, 4.69) is 20.9 Å². The van der Waals surface area contributed by atoms with Crippen molar-refractivity contribution >= 4 is 5.91 Å². The summed E-state index contributed by atoms with van der Waals surface area (Å²) in [5, 5.41) is 0. The largest absolute Gasteiger partial charge is 0.381 e. The molecule has 118 valence electrons. The first-order valence-electron chi connectivity index (χ1n) is 8.28. The second kappa shape index (κ2) is 5.97. The summed E-state index contributed by atoms with van der Waals surface area (Å²) < 4.78 is 5.35. The molecule has 22 heavy (non-hydrogen) atoms. The number of rotatable bonds is 3. The van der Waals surface area contributed by atoms with Crippen LogP contribution in [0, 0.1) is 17.8 Å². The summed E-state index contributed by atoms with van der Waals surface area (Å²) in [5.41, 5.74) is 1.14. The summed E-state index contributed by atoms with van der Waals surface area (Å²) >= 11 is 0. The highest BCUT2D eigenvalue weighted by atomic mass is 16.5. The van der Waals surface area contributed by atoms with Crippen LogP contribution in [0.2, 0.25) is 0 Å². The van der Waals surface area contributed by atoms with Crippen molar-refractivity contribution in [1.82, 2.24) is 14.8 Å². The van der Waals surface area contributed by atoms with Gasteiger partial charge in [0.2, 0.25) is 5.91 Å². The van der Waals surface area contributed by atoms with E-state index < -0.39 is 0 Å². The smallest absolute Gasteiger partial charge is 0.228 e. The lowest BCUT2D eigenvalue weighted by atomic mass is 10.0. The maximum Gasteiger partial charge on any atom is 0.228 e. The van der Waals surface area contributed by atoms with Gasteiger partial charge in [0, 0.05) is 45.5 Å². The van der Waals surface area contributed by atoms with Gasteiger partial charge in [-0.15, -0.1) is 0 Å². The van der Waals surface area contributed by atoms with Crippen LogP contribution in [-0.2, 0) is 16.1 Å². The van der Waals surface area contributed by atoms with E-state index in [0.29, 0.717) is 24.3 Å². The van der Waals surface area contributed by atoms with Crippen LogP contribution in [0.15, 0.2) is 24.4 Å². The Balaban J connectivity index is 1.31. The molecule has 3 aliphatic rings. The number of hydrogen-bond acceptors (Lipinski definition) is 4. The fourth-order valence-corrected chi connectivity index (χ4v) is 4.11. The zero-order valence-corrected chi connectivity index (χ0v) is 12.9. The molecule has 0 N–H and O–H groups in total. The summed E-state index contributed by atoms with van der Waals surface area (Å²) in [4.78, 5) is 21.5. The Morgan fingerprint density at radius 3 is 2.68 bits per heavy atom. The van der Waals surface area contributed by atoms with Gasteiger partial charge >= 0.3 is 0 Å². The van der Waals surface area contributed by atoms with Crippen molar-refractivity contribution in [2.24, 2.45) is 17.8 Å². The van der Waals surface area contributed by atoms with Gasteiger partial charge in [0.25, 0.3) is 0 Å². The minimum Gasteiger partial charge on any atom is -0.381 e. The van der Waals surface area contributed by atoms with Crippen LogP contribution in [0.4, 0.5) is 0 Å². The summed E-state index contributed by atoms with van der Waals surface area (Å²) in [6, 6.07) is 6.09. The third kappa shape index (κ3) is 2.75. The van der Waals surface area contributed by atoms with Crippen LogP contribution in [0.3, 0.4) is 0 Å². The molecule has 1 aromatic rings. The van der Waals surface area contributed by atoms with Gasteiger partial charge in [-0.05, 0) is 30.4 Å². The Hall–Kier alpha value is -1.46. The molecule has 0 radical (unpaired) electrons. The van der Waals surface area contributed by atoms with Gasteiger partial charge in [0.15, 0.2) is 0 Å². The first kappa shape index (κ1) is 14.2. The van der Waals surface area contributed by atoms with E-state index in [9.17, 15) is 4.79 Å². The molecule has 4 heterocycles. The van der Waals surface area contributed by atoms with E-state index in [1.54, 1.807) is 0 Å². The Morgan fingerprint density at radius 1 is 1.23 bits per heavy atom. The molecule has 5 nitrogen and oxygen atoms in total. The van der Waals surface area contributed by atoms with Crippen molar-refractivity contribution < 1.29 is 9.53 Å². The number of pyridine rings is 1. The molecule has 4 rings (SSSR count). The monoisotopic (exact) mass is 301 g/mol. The predicted octanol–water partition coefficient (Wildman–Crippen LogP) is 1.01. The number of carbonyl (C=O) groups excluding carboxylic acids is 1. The number of aromatic nitrogens is 1. The van der Waals surface area contributed by atoms with Crippen LogP contribution < -0.4 is 0 Å². The number of ether oxygens (including phenoxy) is 1. The van der Waals surface area contributed by atoms with Crippen LogP contribution in [0.25, 0.3) is 0 Å². The van der Waals surface area contributed by atoms with Crippen LogP contribution in [-0.4, -0.2) is 60.1 Å². The number of amides is 1. The fraction of sp³-hybridized carbons (Fsp3) is 0.647. The second-order valence-corrected chi connectivity index (χ2v) is 6.84. The topological polar surface area (TPSA) is 45.7 Å². The minimum absolute atomic E-state index is 0.114. The molecule has 3 atom stereocenters. The highest BCUT2D eigenvalue weighted by Gasteiger charge is 2.43. The Bertz CT molecular complexity index is 516. The number of fused-ring (bicyclic) bond motifs is 1. The summed E-state index contributed by atoms with van der Waals surface area (Å²) in [5.74, 6) is 1.71. The third-order valence-corrected chi connectivity index (χ3v) is 5.26. The number of carbonyl (C=O) groups is 1. The summed E-state index contributed by atoms with van der Waals surface area (Å²) in [6.45, 7) is 6.33. The minimum atomic E-state index is 0.114. The molecular weight excluding hydrogens is 278 g/mol. The zero-order valence-electron chi connectivity index (χ0n) is 12.9. The van der Waals surface area contributed by atoms with E-state index in [4.69, 9.17) is 4.74 Å². The van der Waals surface area contributed by atoms with Crippen LogP contribution in [0.1, 0.15) is 12.1 Å². The van der Waals surface area contributed by atoms with Crippen molar-refractivity contribution in [3.8, 4) is 0 Å². The Labute approximate surface area is 131 Å². The molecule has 0 saturated carbocycles. The molecule has 0 unspecified atom stereocenters. The van der Waals surface area contributed by atoms with Gasteiger partial charge in [0.05, 0.1) is 18.2 Å². The standard InChI is InChI=1S/C17H23N3O2/c21-17(13-4-6-22-12-13)20-9-14-7-19(8-15(14)10-20)11-16-3-1-2-5-18-16/h1-3,5,13-15H,4,6-12H2/t13-,14-,15+/m1/s1. The van der Waals surface area contributed by atoms with Crippen molar-refractivity contribution in [3.05, 3.63) is 30.1 Å². The average molecular weight is 301 g/mol. The molecule has 0 aromatic carbocycles. The molecule has 0 spiro atoms. The van der Waals surface area contributed by atoms with Crippen molar-refractivity contribution in [1.29, 1.82) is 0 Å². The Morgan fingerprint density at radius 2 is 2.05 bits per heavy atom. The lowest BCUT2D eigenvalue weighted by Gasteiger charge is -2.23. The van der Waals surface area contributed by atoms with Crippen molar-refractivity contribution in [2.45, 2.75) is 13.0 Å². The highest BCUT2D eigenvalue weighted by molar-refractivity contribution is 5.79. The summed E-state index contributed by atoms with van der Waals surface area (Å²) in [6.07, 6.45) is 2.76. The molecule has 5 heteroatoms. The molecule has 3 aliphatic heterocycles. The van der Waals surface area contributed by atoms with E-state index in [-0.39, 0.29) is 5.92 Å². The van der Waals surface area contributed by atoms with Gasteiger partial charge in [-0.3, -0.25) is 14.7 Å². The molecule has 1 aromatic heterocycles. The molecule has 3 fully saturated rings. The number of nitrogens with zero attached hydrogens (tertiary/aromatic N) is 3. The van der Waals surface area contributed by atoms with Gasteiger partial charge < -0.3 is 9.64 Å². The third-order valence-electron chi connectivity index (χ3n) is 5.26. The first-order valence-corrected chi connectivity index (χ1v) is 8.28. The van der Waals surface area contributed by atoms with E-state index in [0.717, 1.165) is 51.4 Å². The zero-order chi connectivity index (χ0) is 14.9. The lowest BCUT2D eigenvalue weighted by Crippen LogP contribution is -2.37. The molecule has 0 aliphatic carbocycles. The van der Waals surface area contributed by atoms with Crippen molar-refractivity contribution in [2.75, 3.05) is 39.4 Å². The first-order chi connectivity index (χ1) is 10.8. The fourth-order valence-electron chi connectivity index (χ4n) is 4.11.